The summed E-state index contributed by atoms with van der Waals surface area (Å²) >= 11 is 0. The molecular formula is C22H17F2N. The van der Waals surface area contributed by atoms with Crippen molar-refractivity contribution in [3.63, 3.8) is 0 Å². The fraction of sp³-hybridized carbons (Fsp3) is 0.136. The summed E-state index contributed by atoms with van der Waals surface area (Å²) in [5.41, 5.74) is 3.84. The molecule has 124 valence electrons. The first-order valence-corrected chi connectivity index (χ1v) is 8.21. The van der Waals surface area contributed by atoms with Crippen molar-refractivity contribution in [2.75, 3.05) is 0 Å². The molecule has 0 atom stereocenters. The summed E-state index contributed by atoms with van der Waals surface area (Å²) in [5.74, 6) is -0.773. The number of hydrogen-bond acceptors (Lipinski definition) is 1. The molecule has 3 heteroatoms. The number of rotatable bonds is 4. The van der Waals surface area contributed by atoms with Crippen LogP contribution in [0.3, 0.4) is 0 Å². The smallest absolute Gasteiger partial charge is 0.141 e. The molecule has 0 aliphatic heterocycles. The van der Waals surface area contributed by atoms with Crippen LogP contribution < -0.4 is 0 Å². The highest BCUT2D eigenvalue weighted by Gasteiger charge is 2.08. The Hall–Kier alpha value is -2.99. The summed E-state index contributed by atoms with van der Waals surface area (Å²) < 4.78 is 28.1. The van der Waals surface area contributed by atoms with Gasteiger partial charge in [0.15, 0.2) is 0 Å². The van der Waals surface area contributed by atoms with Crippen molar-refractivity contribution < 1.29 is 8.78 Å². The van der Waals surface area contributed by atoms with Crippen LogP contribution in [0.25, 0.3) is 22.3 Å². The maximum atomic E-state index is 14.3. The van der Waals surface area contributed by atoms with E-state index >= 15 is 0 Å². The van der Waals surface area contributed by atoms with Crippen molar-refractivity contribution >= 4 is 0 Å². The van der Waals surface area contributed by atoms with Crippen LogP contribution in [0, 0.1) is 23.0 Å². The number of benzene rings is 3. The summed E-state index contributed by atoms with van der Waals surface area (Å²) in [6.07, 6.45) is 1.84. The largest absolute Gasteiger partial charge is 0.206 e. The first-order chi connectivity index (χ1) is 12.1. The molecule has 0 saturated carbocycles. The molecule has 0 amide bonds. The first-order valence-electron chi connectivity index (χ1n) is 8.21. The minimum atomic E-state index is -0.540. The zero-order valence-corrected chi connectivity index (χ0v) is 13.9. The van der Waals surface area contributed by atoms with Crippen molar-refractivity contribution in [2.24, 2.45) is 0 Å². The second-order valence-corrected chi connectivity index (χ2v) is 5.95. The molecule has 0 bridgehead atoms. The molecule has 0 unspecified atom stereocenters. The second-order valence-electron chi connectivity index (χ2n) is 5.95. The second kappa shape index (κ2) is 7.27. The van der Waals surface area contributed by atoms with Gasteiger partial charge in [0, 0.05) is 5.56 Å². The number of nitrogens with zero attached hydrogens (tertiary/aromatic N) is 1. The summed E-state index contributed by atoms with van der Waals surface area (Å²) in [6.45, 7) is 2.07. The molecule has 3 rings (SSSR count). The van der Waals surface area contributed by atoms with E-state index in [0.29, 0.717) is 11.1 Å². The molecule has 0 heterocycles. The van der Waals surface area contributed by atoms with E-state index in [1.807, 2.05) is 36.4 Å². The van der Waals surface area contributed by atoms with E-state index in [0.717, 1.165) is 29.5 Å². The van der Waals surface area contributed by atoms with Crippen molar-refractivity contribution in [2.45, 2.75) is 19.8 Å². The molecule has 0 fully saturated rings. The molecule has 1 nitrogen and oxygen atoms in total. The molecule has 0 spiro atoms. The van der Waals surface area contributed by atoms with Crippen LogP contribution in [0.5, 0.6) is 0 Å². The lowest BCUT2D eigenvalue weighted by Crippen LogP contribution is -1.90. The van der Waals surface area contributed by atoms with Crippen LogP contribution in [0.1, 0.15) is 24.5 Å². The van der Waals surface area contributed by atoms with Crippen molar-refractivity contribution in [1.29, 1.82) is 5.26 Å². The molecule has 0 aliphatic rings. The van der Waals surface area contributed by atoms with Gasteiger partial charge in [0.2, 0.25) is 0 Å². The van der Waals surface area contributed by atoms with E-state index in [2.05, 4.69) is 6.92 Å². The fourth-order valence-corrected chi connectivity index (χ4v) is 2.86. The normalized spacial score (nSPS) is 10.5. The first kappa shape index (κ1) is 16.9. The minimum Gasteiger partial charge on any atom is -0.206 e. The van der Waals surface area contributed by atoms with Gasteiger partial charge in [-0.1, -0.05) is 55.8 Å². The van der Waals surface area contributed by atoms with Gasteiger partial charge in [-0.3, -0.25) is 0 Å². The Bertz CT molecular complexity index is 937. The Kier molecular flexibility index (Phi) is 4.90. The Labute approximate surface area is 146 Å². The van der Waals surface area contributed by atoms with Gasteiger partial charge in [-0.05, 0) is 46.9 Å². The standard InChI is InChI=1S/C22H17F2N/c1-2-3-15-4-11-20(22(24)12-15)17-7-5-16(6-8-17)18-9-10-19(14-25)21(23)13-18/h4-13H,2-3H2,1H3. The zero-order valence-electron chi connectivity index (χ0n) is 13.9. The molecule has 25 heavy (non-hydrogen) atoms. The third-order valence-electron chi connectivity index (χ3n) is 4.19. The van der Waals surface area contributed by atoms with E-state index in [4.69, 9.17) is 5.26 Å². The molecule has 3 aromatic carbocycles. The monoisotopic (exact) mass is 333 g/mol. The van der Waals surface area contributed by atoms with Gasteiger partial charge in [0.05, 0.1) is 5.56 Å². The van der Waals surface area contributed by atoms with Gasteiger partial charge in [-0.15, -0.1) is 0 Å². The average molecular weight is 333 g/mol. The highest BCUT2D eigenvalue weighted by Crippen LogP contribution is 2.28. The topological polar surface area (TPSA) is 23.8 Å². The van der Waals surface area contributed by atoms with Crippen LogP contribution >= 0.6 is 0 Å². The van der Waals surface area contributed by atoms with Crippen LogP contribution in [-0.2, 0) is 6.42 Å². The Morgan fingerprint density at radius 1 is 0.800 bits per heavy atom. The van der Waals surface area contributed by atoms with Crippen LogP contribution in [0.4, 0.5) is 8.78 Å². The maximum Gasteiger partial charge on any atom is 0.141 e. The number of halogens is 2. The highest BCUT2D eigenvalue weighted by atomic mass is 19.1. The Balaban J connectivity index is 1.90. The van der Waals surface area contributed by atoms with E-state index in [-0.39, 0.29) is 11.4 Å². The van der Waals surface area contributed by atoms with Crippen LogP contribution in [0.15, 0.2) is 60.7 Å². The van der Waals surface area contributed by atoms with Gasteiger partial charge in [0.25, 0.3) is 0 Å². The number of aryl methyl sites for hydroxylation is 1. The van der Waals surface area contributed by atoms with Crippen LogP contribution in [-0.4, -0.2) is 0 Å². The van der Waals surface area contributed by atoms with E-state index in [9.17, 15) is 8.78 Å². The van der Waals surface area contributed by atoms with Gasteiger partial charge in [-0.2, -0.15) is 5.26 Å². The fourth-order valence-electron chi connectivity index (χ4n) is 2.86. The Morgan fingerprint density at radius 2 is 1.48 bits per heavy atom. The third-order valence-corrected chi connectivity index (χ3v) is 4.19. The van der Waals surface area contributed by atoms with Crippen LogP contribution in [0.2, 0.25) is 0 Å². The molecular weight excluding hydrogens is 316 g/mol. The Morgan fingerprint density at radius 3 is 2.08 bits per heavy atom. The van der Waals surface area contributed by atoms with Crippen molar-refractivity contribution in [3.8, 4) is 28.3 Å². The molecule has 0 aliphatic carbocycles. The molecule has 0 saturated heterocycles. The molecule has 0 radical (unpaired) electrons. The highest BCUT2D eigenvalue weighted by molar-refractivity contribution is 5.71. The molecule has 0 aromatic heterocycles. The van der Waals surface area contributed by atoms with Gasteiger partial charge >= 0.3 is 0 Å². The average Bonchev–Trinajstić information content (AvgIpc) is 2.62. The lowest BCUT2D eigenvalue weighted by molar-refractivity contribution is 0.624. The third kappa shape index (κ3) is 3.59. The van der Waals surface area contributed by atoms with E-state index in [1.165, 1.54) is 12.1 Å². The SMILES string of the molecule is CCCc1ccc(-c2ccc(-c3ccc(C#N)c(F)c3)cc2)c(F)c1. The lowest BCUT2D eigenvalue weighted by atomic mass is 9.98. The summed E-state index contributed by atoms with van der Waals surface area (Å²) in [6, 6.07) is 19.0. The molecule has 0 N–H and O–H groups in total. The summed E-state index contributed by atoms with van der Waals surface area (Å²) in [5, 5.41) is 8.80. The van der Waals surface area contributed by atoms with Gasteiger partial charge < -0.3 is 0 Å². The lowest BCUT2D eigenvalue weighted by Gasteiger charge is -2.08. The predicted molar refractivity (Wildman–Crippen MR) is 95.9 cm³/mol. The van der Waals surface area contributed by atoms with E-state index in [1.54, 1.807) is 18.2 Å². The quantitative estimate of drug-likeness (QED) is 0.564. The van der Waals surface area contributed by atoms with Crippen molar-refractivity contribution in [1.82, 2.24) is 0 Å². The maximum absolute atomic E-state index is 14.3. The molecule has 3 aromatic rings. The van der Waals surface area contributed by atoms with Gasteiger partial charge in [-0.25, -0.2) is 8.78 Å². The summed E-state index contributed by atoms with van der Waals surface area (Å²) in [7, 11) is 0. The zero-order chi connectivity index (χ0) is 17.8. The minimum absolute atomic E-state index is 0.0228. The van der Waals surface area contributed by atoms with Gasteiger partial charge in [0.1, 0.15) is 17.7 Å². The number of nitriles is 1. The number of hydrogen-bond donors (Lipinski definition) is 0. The summed E-state index contributed by atoms with van der Waals surface area (Å²) in [4.78, 5) is 0. The van der Waals surface area contributed by atoms with Crippen molar-refractivity contribution in [3.05, 3.63) is 83.4 Å². The predicted octanol–water partition coefficient (Wildman–Crippen LogP) is 6.12. The van der Waals surface area contributed by atoms with E-state index < -0.39 is 5.82 Å².